The number of hydrogen-bond donors (Lipinski definition) is 3. The molecule has 0 saturated carbocycles. The fourth-order valence-electron chi connectivity index (χ4n) is 5.71. The molecule has 32 heavy (non-hydrogen) atoms. The molecule has 0 unspecified atom stereocenters. The third kappa shape index (κ3) is 3.61. The molecule has 1 aromatic carbocycles. The Bertz CT molecular complexity index is 1090. The molecule has 0 bridgehead atoms. The van der Waals surface area contributed by atoms with Crippen LogP contribution in [0.2, 0.25) is 0 Å². The minimum Gasteiger partial charge on any atom is -0.396 e. The minimum atomic E-state index is -0.481. The Labute approximate surface area is 188 Å². The number of aliphatic hydroxyl groups excluding tert-OH is 1. The second-order valence-corrected chi connectivity index (χ2v) is 9.34. The molecule has 1 fully saturated rings. The lowest BCUT2D eigenvalue weighted by atomic mass is 9.88. The summed E-state index contributed by atoms with van der Waals surface area (Å²) >= 11 is 0. The van der Waals surface area contributed by atoms with Gasteiger partial charge in [0.1, 0.15) is 0 Å². The number of nitrogens with zero attached hydrogens (tertiary/aromatic N) is 1. The molecule has 2 aliphatic heterocycles. The average molecular weight is 434 g/mol. The summed E-state index contributed by atoms with van der Waals surface area (Å²) in [6, 6.07) is 13.1. The van der Waals surface area contributed by atoms with E-state index in [-0.39, 0.29) is 42.0 Å². The van der Waals surface area contributed by atoms with Crippen molar-refractivity contribution >= 4 is 11.5 Å². The van der Waals surface area contributed by atoms with E-state index < -0.39 is 6.04 Å². The van der Waals surface area contributed by atoms with Crippen molar-refractivity contribution in [1.82, 2.24) is 15.2 Å². The van der Waals surface area contributed by atoms with Crippen molar-refractivity contribution < 1.29 is 9.90 Å². The Morgan fingerprint density at radius 3 is 2.75 bits per heavy atom. The van der Waals surface area contributed by atoms with Crippen LogP contribution >= 0.6 is 0 Å². The smallest absolute Gasteiger partial charge is 0.258 e. The maximum Gasteiger partial charge on any atom is 0.258 e. The maximum absolute atomic E-state index is 13.3. The monoisotopic (exact) mass is 433 g/mol. The van der Waals surface area contributed by atoms with Crippen LogP contribution in [0.4, 0.5) is 0 Å². The molecule has 6 heteroatoms. The van der Waals surface area contributed by atoms with Gasteiger partial charge in [-0.15, -0.1) is 0 Å². The van der Waals surface area contributed by atoms with Gasteiger partial charge >= 0.3 is 0 Å². The second-order valence-electron chi connectivity index (χ2n) is 9.34. The molecule has 0 radical (unpaired) electrons. The van der Waals surface area contributed by atoms with Gasteiger partial charge in [-0.3, -0.25) is 14.9 Å². The number of allylic oxidation sites excluding steroid dienone is 2. The molecular weight excluding hydrogens is 402 g/mol. The van der Waals surface area contributed by atoms with Crippen LogP contribution in [-0.4, -0.2) is 28.2 Å². The molecule has 5 atom stereocenters. The number of amides is 1. The van der Waals surface area contributed by atoms with Gasteiger partial charge < -0.3 is 15.0 Å². The Balaban J connectivity index is 1.37. The summed E-state index contributed by atoms with van der Waals surface area (Å²) in [4.78, 5) is 26.4. The van der Waals surface area contributed by atoms with Crippen LogP contribution in [0.15, 0.2) is 53.3 Å². The molecule has 1 amide bonds. The largest absolute Gasteiger partial charge is 0.396 e. The van der Waals surface area contributed by atoms with Crippen LogP contribution in [0.3, 0.4) is 0 Å². The van der Waals surface area contributed by atoms with Gasteiger partial charge in [-0.1, -0.05) is 36.4 Å². The van der Waals surface area contributed by atoms with E-state index in [1.165, 1.54) is 6.42 Å². The number of benzene rings is 1. The molecule has 2 aromatic rings. The zero-order valence-corrected chi connectivity index (χ0v) is 18.5. The first-order valence-electron chi connectivity index (χ1n) is 11.7. The summed E-state index contributed by atoms with van der Waals surface area (Å²) in [5, 5.41) is 16.7. The number of pyridine rings is 1. The summed E-state index contributed by atoms with van der Waals surface area (Å²) in [6.07, 6.45) is 6.51. The number of hydrogen-bond acceptors (Lipinski definition) is 4. The molecular formula is C26H31N3O3. The van der Waals surface area contributed by atoms with Crippen molar-refractivity contribution in [2.24, 2.45) is 11.8 Å². The number of aromatic nitrogens is 1. The van der Waals surface area contributed by atoms with E-state index in [2.05, 4.69) is 16.7 Å². The van der Waals surface area contributed by atoms with E-state index in [4.69, 9.17) is 0 Å². The van der Waals surface area contributed by atoms with Crippen LogP contribution in [0, 0.1) is 11.8 Å². The van der Waals surface area contributed by atoms with E-state index in [0.29, 0.717) is 6.54 Å². The molecule has 0 spiro atoms. The van der Waals surface area contributed by atoms with Crippen molar-refractivity contribution in [3.63, 3.8) is 0 Å². The molecule has 3 N–H and O–H groups in total. The minimum absolute atomic E-state index is 0.0195. The van der Waals surface area contributed by atoms with Gasteiger partial charge in [0.05, 0.1) is 18.1 Å². The highest BCUT2D eigenvalue weighted by molar-refractivity contribution is 5.83. The lowest BCUT2D eigenvalue weighted by molar-refractivity contribution is -0.125. The zero-order valence-electron chi connectivity index (χ0n) is 18.5. The van der Waals surface area contributed by atoms with E-state index in [0.717, 1.165) is 41.7 Å². The first kappa shape index (κ1) is 21.2. The number of carbonyl (C=O) groups excluding carboxylic acids is 1. The Hall–Kier alpha value is -2.70. The second kappa shape index (κ2) is 8.68. The fraction of sp³-hybridized carbons (Fsp3) is 0.462. The quantitative estimate of drug-likeness (QED) is 0.677. The highest BCUT2D eigenvalue weighted by atomic mass is 16.3. The van der Waals surface area contributed by atoms with Gasteiger partial charge in [0.15, 0.2) is 0 Å². The highest BCUT2D eigenvalue weighted by Gasteiger charge is 2.50. The van der Waals surface area contributed by atoms with Crippen LogP contribution in [0.5, 0.6) is 0 Å². The standard InChI is InChI=1S/C26H31N3O3/c1-16(17-8-4-2-5-9-17)27-25(31)24-21(15-30)20-14-29-22(23(20)28-24)13-12-19(26(29)32)18-10-6-3-7-11-18/h2,4-5,8-10,12-13,16,20-21,23-24,28,30H,3,6-7,11,14-15H2,1H3,(H,27,31)/t16-,20-,21-,23+,24-/m1/s1. The fourth-order valence-corrected chi connectivity index (χ4v) is 5.71. The molecule has 3 aliphatic rings. The summed E-state index contributed by atoms with van der Waals surface area (Å²) in [7, 11) is 0. The summed E-state index contributed by atoms with van der Waals surface area (Å²) in [5.74, 6) is -0.321. The molecule has 1 saturated heterocycles. The number of aliphatic hydroxyl groups is 1. The third-order valence-electron chi connectivity index (χ3n) is 7.47. The summed E-state index contributed by atoms with van der Waals surface area (Å²) < 4.78 is 1.86. The van der Waals surface area contributed by atoms with Crippen LogP contribution in [-0.2, 0) is 11.3 Å². The Morgan fingerprint density at radius 1 is 1.22 bits per heavy atom. The van der Waals surface area contributed by atoms with Gasteiger partial charge in [0, 0.05) is 36.2 Å². The maximum atomic E-state index is 13.3. The molecule has 1 aliphatic carbocycles. The van der Waals surface area contributed by atoms with Crippen molar-refractivity contribution in [3.05, 3.63) is 75.7 Å². The van der Waals surface area contributed by atoms with Crippen molar-refractivity contribution in [1.29, 1.82) is 0 Å². The van der Waals surface area contributed by atoms with Crippen LogP contribution in [0.25, 0.3) is 5.57 Å². The predicted octanol–water partition coefficient (Wildman–Crippen LogP) is 2.93. The normalized spacial score (nSPS) is 27.4. The number of carbonyl (C=O) groups is 1. The molecule has 168 valence electrons. The topological polar surface area (TPSA) is 83.4 Å². The SMILES string of the molecule is C[C@@H](NC(=O)[C@@H]1N[C@@H]2c3ccc(C4=CCCCC4)c(=O)n3C[C@@H]2[C@H]1CO)c1ccccc1. The van der Waals surface area contributed by atoms with E-state index in [1.54, 1.807) is 0 Å². The van der Waals surface area contributed by atoms with E-state index in [1.807, 2.05) is 54.0 Å². The van der Waals surface area contributed by atoms with Crippen molar-refractivity contribution in [2.75, 3.05) is 6.61 Å². The van der Waals surface area contributed by atoms with E-state index >= 15 is 0 Å². The zero-order chi connectivity index (χ0) is 22.2. The molecule has 1 aromatic heterocycles. The Morgan fingerprint density at radius 2 is 2.03 bits per heavy atom. The van der Waals surface area contributed by atoms with Crippen LogP contribution < -0.4 is 16.2 Å². The predicted molar refractivity (Wildman–Crippen MR) is 124 cm³/mol. The van der Waals surface area contributed by atoms with Crippen molar-refractivity contribution in [2.45, 2.75) is 57.3 Å². The summed E-state index contributed by atoms with van der Waals surface area (Å²) in [5.41, 5.74) is 3.99. The van der Waals surface area contributed by atoms with Gasteiger partial charge in [-0.2, -0.15) is 0 Å². The molecule has 6 nitrogen and oxygen atoms in total. The first-order chi connectivity index (χ1) is 15.6. The van der Waals surface area contributed by atoms with Gasteiger partial charge in [0.2, 0.25) is 5.91 Å². The van der Waals surface area contributed by atoms with Gasteiger partial charge in [-0.25, -0.2) is 0 Å². The molecule has 5 rings (SSSR count). The highest BCUT2D eigenvalue weighted by Crippen LogP contribution is 2.43. The van der Waals surface area contributed by atoms with E-state index in [9.17, 15) is 14.7 Å². The Kier molecular flexibility index (Phi) is 5.74. The first-order valence-corrected chi connectivity index (χ1v) is 11.7. The average Bonchev–Trinajstić information content (AvgIpc) is 3.37. The number of rotatable bonds is 5. The number of nitrogens with one attached hydrogen (secondary N) is 2. The lowest BCUT2D eigenvalue weighted by Crippen LogP contribution is -2.46. The van der Waals surface area contributed by atoms with Gasteiger partial charge in [-0.05, 0) is 55.9 Å². The van der Waals surface area contributed by atoms with Crippen molar-refractivity contribution in [3.8, 4) is 0 Å². The lowest BCUT2D eigenvalue weighted by Gasteiger charge is -2.23. The number of fused-ring (bicyclic) bond motifs is 3. The third-order valence-corrected chi connectivity index (χ3v) is 7.47. The van der Waals surface area contributed by atoms with Crippen LogP contribution in [0.1, 0.15) is 61.5 Å². The summed E-state index contributed by atoms with van der Waals surface area (Å²) in [6.45, 7) is 2.41. The van der Waals surface area contributed by atoms with Gasteiger partial charge in [0.25, 0.3) is 5.56 Å². The molecule has 3 heterocycles.